The minimum absolute atomic E-state index is 0.275. The molecule has 1 heterocycles. The van der Waals surface area contributed by atoms with Crippen LogP contribution >= 0.6 is 0 Å². The Hall–Kier alpha value is -2.97. The number of aliphatic carboxylic acids is 1. The monoisotopic (exact) mass is 353 g/mol. The Morgan fingerprint density at radius 3 is 2.20 bits per heavy atom. The standard InChI is InChI=1S/C16H14F3N3O3/c1-8-3-4-10(5-9(8)2)12(14(24)25)22-13(23)11-6-20-15(21-7-11)16(17,18)19/h3-7,12H,1-2H3,(H,22,23)(H,24,25). The van der Waals surface area contributed by atoms with Crippen molar-refractivity contribution in [2.75, 3.05) is 0 Å². The van der Waals surface area contributed by atoms with Crippen molar-refractivity contribution in [3.8, 4) is 0 Å². The number of halogens is 3. The van der Waals surface area contributed by atoms with Crippen LogP contribution in [-0.4, -0.2) is 27.0 Å². The van der Waals surface area contributed by atoms with Crippen LogP contribution < -0.4 is 5.32 Å². The van der Waals surface area contributed by atoms with Crippen LogP contribution in [0.3, 0.4) is 0 Å². The molecule has 0 aliphatic rings. The maximum atomic E-state index is 12.4. The SMILES string of the molecule is Cc1ccc(C(NC(=O)c2cnc(C(F)(F)F)nc2)C(=O)O)cc1C. The first-order chi connectivity index (χ1) is 11.6. The van der Waals surface area contributed by atoms with Gasteiger partial charge >= 0.3 is 12.1 Å². The molecule has 0 spiro atoms. The molecule has 0 aliphatic heterocycles. The van der Waals surface area contributed by atoms with E-state index in [-0.39, 0.29) is 5.56 Å². The van der Waals surface area contributed by atoms with E-state index in [0.29, 0.717) is 18.0 Å². The molecule has 0 fully saturated rings. The summed E-state index contributed by atoms with van der Waals surface area (Å²) >= 11 is 0. The predicted octanol–water partition coefficient (Wildman–Crippen LogP) is 2.67. The molecule has 1 aromatic carbocycles. The van der Waals surface area contributed by atoms with Gasteiger partial charge in [-0.3, -0.25) is 4.79 Å². The van der Waals surface area contributed by atoms with Gasteiger partial charge in [-0.25, -0.2) is 14.8 Å². The molecule has 2 N–H and O–H groups in total. The fraction of sp³-hybridized carbons (Fsp3) is 0.250. The summed E-state index contributed by atoms with van der Waals surface area (Å²) in [6.07, 6.45) is -3.33. The highest BCUT2D eigenvalue weighted by Gasteiger charge is 2.34. The molecule has 132 valence electrons. The lowest BCUT2D eigenvalue weighted by atomic mass is 10.0. The Morgan fingerprint density at radius 1 is 1.12 bits per heavy atom. The number of alkyl halides is 3. The zero-order valence-corrected chi connectivity index (χ0v) is 13.3. The van der Waals surface area contributed by atoms with Gasteiger partial charge in [0.1, 0.15) is 0 Å². The first-order valence-corrected chi connectivity index (χ1v) is 7.09. The summed E-state index contributed by atoms with van der Waals surface area (Å²) in [5, 5.41) is 11.6. The summed E-state index contributed by atoms with van der Waals surface area (Å²) in [7, 11) is 0. The Labute approximate surface area is 140 Å². The van der Waals surface area contributed by atoms with Crippen LogP contribution in [0, 0.1) is 13.8 Å². The Morgan fingerprint density at radius 2 is 1.72 bits per heavy atom. The average molecular weight is 353 g/mol. The van der Waals surface area contributed by atoms with Gasteiger partial charge in [0.15, 0.2) is 6.04 Å². The van der Waals surface area contributed by atoms with Gasteiger partial charge in [0.05, 0.1) is 5.56 Å². The fourth-order valence-corrected chi connectivity index (χ4v) is 2.04. The number of amides is 1. The van der Waals surface area contributed by atoms with Gasteiger partial charge in [-0.1, -0.05) is 18.2 Å². The van der Waals surface area contributed by atoms with Crippen LogP contribution in [0.25, 0.3) is 0 Å². The molecule has 1 amide bonds. The number of aromatic nitrogens is 2. The van der Waals surface area contributed by atoms with Crippen LogP contribution in [-0.2, 0) is 11.0 Å². The van der Waals surface area contributed by atoms with E-state index in [0.717, 1.165) is 11.1 Å². The lowest BCUT2D eigenvalue weighted by Crippen LogP contribution is -2.34. The van der Waals surface area contributed by atoms with Gasteiger partial charge in [0.25, 0.3) is 5.91 Å². The number of nitrogens with one attached hydrogen (secondary N) is 1. The van der Waals surface area contributed by atoms with E-state index in [9.17, 15) is 27.9 Å². The third-order valence-corrected chi connectivity index (χ3v) is 3.55. The summed E-state index contributed by atoms with van der Waals surface area (Å²) < 4.78 is 37.3. The highest BCUT2D eigenvalue weighted by molar-refractivity contribution is 5.96. The lowest BCUT2D eigenvalue weighted by molar-refractivity contribution is -0.145. The van der Waals surface area contributed by atoms with Gasteiger partial charge < -0.3 is 10.4 Å². The zero-order valence-electron chi connectivity index (χ0n) is 13.3. The van der Waals surface area contributed by atoms with Crippen LogP contribution in [0.15, 0.2) is 30.6 Å². The molecule has 0 saturated heterocycles. The topological polar surface area (TPSA) is 92.2 Å². The number of hydrogen-bond acceptors (Lipinski definition) is 4. The number of aryl methyl sites for hydroxylation is 2. The molecule has 1 unspecified atom stereocenters. The number of carbonyl (C=O) groups excluding carboxylic acids is 1. The highest BCUT2D eigenvalue weighted by atomic mass is 19.4. The molecular weight excluding hydrogens is 339 g/mol. The second-order valence-electron chi connectivity index (χ2n) is 5.38. The minimum atomic E-state index is -4.72. The third kappa shape index (κ3) is 4.31. The van der Waals surface area contributed by atoms with E-state index < -0.39 is 29.9 Å². The smallest absolute Gasteiger partial charge is 0.451 e. The van der Waals surface area contributed by atoms with E-state index in [2.05, 4.69) is 15.3 Å². The number of carboxylic acid groups (broad SMARTS) is 1. The van der Waals surface area contributed by atoms with Gasteiger partial charge in [-0.15, -0.1) is 0 Å². The van der Waals surface area contributed by atoms with Gasteiger partial charge in [-0.2, -0.15) is 13.2 Å². The number of nitrogens with zero attached hydrogens (tertiary/aromatic N) is 2. The molecule has 0 bridgehead atoms. The quantitative estimate of drug-likeness (QED) is 0.882. The summed E-state index contributed by atoms with van der Waals surface area (Å²) in [5.41, 5.74) is 1.87. The van der Waals surface area contributed by atoms with E-state index in [1.165, 1.54) is 0 Å². The largest absolute Gasteiger partial charge is 0.479 e. The average Bonchev–Trinajstić information content (AvgIpc) is 2.54. The van der Waals surface area contributed by atoms with E-state index in [4.69, 9.17) is 0 Å². The van der Waals surface area contributed by atoms with E-state index >= 15 is 0 Å². The van der Waals surface area contributed by atoms with Gasteiger partial charge in [-0.05, 0) is 30.5 Å². The molecule has 6 nitrogen and oxygen atoms in total. The van der Waals surface area contributed by atoms with E-state index in [1.807, 2.05) is 6.92 Å². The molecular formula is C16H14F3N3O3. The Balaban J connectivity index is 2.23. The molecule has 0 radical (unpaired) electrons. The van der Waals surface area contributed by atoms with Crippen molar-refractivity contribution in [2.45, 2.75) is 26.1 Å². The normalized spacial score (nSPS) is 12.5. The molecule has 9 heteroatoms. The van der Waals surface area contributed by atoms with Crippen molar-refractivity contribution in [3.63, 3.8) is 0 Å². The Bertz CT molecular complexity index is 805. The molecule has 2 aromatic rings. The predicted molar refractivity (Wildman–Crippen MR) is 80.8 cm³/mol. The lowest BCUT2D eigenvalue weighted by Gasteiger charge is -2.16. The van der Waals surface area contributed by atoms with Crippen LogP contribution in [0.2, 0.25) is 0 Å². The third-order valence-electron chi connectivity index (χ3n) is 3.55. The van der Waals surface area contributed by atoms with E-state index in [1.54, 1.807) is 25.1 Å². The maximum absolute atomic E-state index is 12.4. The fourth-order valence-electron chi connectivity index (χ4n) is 2.04. The first kappa shape index (κ1) is 18.4. The summed E-state index contributed by atoms with van der Waals surface area (Å²) in [4.78, 5) is 29.7. The number of benzene rings is 1. The van der Waals surface area contributed by atoms with Crippen LogP contribution in [0.1, 0.15) is 38.9 Å². The molecule has 0 aliphatic carbocycles. The number of carbonyl (C=O) groups is 2. The maximum Gasteiger partial charge on any atom is 0.451 e. The minimum Gasteiger partial charge on any atom is -0.479 e. The second-order valence-corrected chi connectivity index (χ2v) is 5.38. The number of carboxylic acids is 1. The van der Waals surface area contributed by atoms with Crippen molar-refractivity contribution in [1.29, 1.82) is 0 Å². The van der Waals surface area contributed by atoms with Crippen LogP contribution in [0.4, 0.5) is 13.2 Å². The van der Waals surface area contributed by atoms with Crippen molar-refractivity contribution in [2.24, 2.45) is 0 Å². The second kappa shape index (κ2) is 6.88. The number of hydrogen-bond donors (Lipinski definition) is 2. The molecule has 2 rings (SSSR count). The van der Waals surface area contributed by atoms with Crippen molar-refractivity contribution in [1.82, 2.24) is 15.3 Å². The summed E-state index contributed by atoms with van der Waals surface area (Å²) in [6, 6.07) is 3.55. The zero-order chi connectivity index (χ0) is 18.8. The summed E-state index contributed by atoms with van der Waals surface area (Å²) in [5.74, 6) is -3.57. The molecule has 0 saturated carbocycles. The first-order valence-electron chi connectivity index (χ1n) is 7.09. The van der Waals surface area contributed by atoms with Gasteiger partial charge in [0.2, 0.25) is 5.82 Å². The van der Waals surface area contributed by atoms with Crippen molar-refractivity contribution >= 4 is 11.9 Å². The van der Waals surface area contributed by atoms with Crippen LogP contribution in [0.5, 0.6) is 0 Å². The highest BCUT2D eigenvalue weighted by Crippen LogP contribution is 2.25. The van der Waals surface area contributed by atoms with Crippen molar-refractivity contribution < 1.29 is 27.9 Å². The molecule has 1 aromatic heterocycles. The van der Waals surface area contributed by atoms with Gasteiger partial charge in [0, 0.05) is 12.4 Å². The number of rotatable bonds is 4. The Kier molecular flexibility index (Phi) is 5.05. The summed E-state index contributed by atoms with van der Waals surface area (Å²) in [6.45, 7) is 3.65. The van der Waals surface area contributed by atoms with Crippen molar-refractivity contribution in [3.05, 3.63) is 58.7 Å². The molecule has 1 atom stereocenters. The molecule has 25 heavy (non-hydrogen) atoms.